The molecule has 0 bridgehead atoms. The van der Waals surface area contributed by atoms with E-state index in [0.717, 1.165) is 18.5 Å². The number of carbonyl (C=O) groups excluding carboxylic acids is 1. The SMILES string of the molecule is CNCCCC(=O)N1CCOC(c2cccc(F)c2)C1.Cl. The third-order valence-corrected chi connectivity index (χ3v) is 3.46. The van der Waals surface area contributed by atoms with Crippen LogP contribution in [0.2, 0.25) is 0 Å². The maximum Gasteiger partial charge on any atom is 0.222 e. The first-order valence-corrected chi connectivity index (χ1v) is 7.00. The minimum absolute atomic E-state index is 0. The van der Waals surface area contributed by atoms with Gasteiger partial charge >= 0.3 is 0 Å². The molecule has 1 fully saturated rings. The number of amides is 1. The Hall–Kier alpha value is -1.17. The molecule has 1 saturated heterocycles. The maximum absolute atomic E-state index is 13.2. The maximum atomic E-state index is 13.2. The molecule has 1 atom stereocenters. The smallest absolute Gasteiger partial charge is 0.222 e. The second-order valence-electron chi connectivity index (χ2n) is 4.96. The summed E-state index contributed by atoms with van der Waals surface area (Å²) in [6.07, 6.45) is 1.14. The minimum atomic E-state index is -0.274. The van der Waals surface area contributed by atoms with Crippen molar-refractivity contribution < 1.29 is 13.9 Å². The highest BCUT2D eigenvalue weighted by Gasteiger charge is 2.25. The van der Waals surface area contributed by atoms with Crippen molar-refractivity contribution in [1.82, 2.24) is 10.2 Å². The molecule has 1 heterocycles. The summed E-state index contributed by atoms with van der Waals surface area (Å²) < 4.78 is 18.9. The zero-order valence-corrected chi connectivity index (χ0v) is 13.0. The lowest BCUT2D eigenvalue weighted by Crippen LogP contribution is -2.42. The summed E-state index contributed by atoms with van der Waals surface area (Å²) >= 11 is 0. The highest BCUT2D eigenvalue weighted by molar-refractivity contribution is 5.85. The minimum Gasteiger partial charge on any atom is -0.370 e. The van der Waals surface area contributed by atoms with Crippen molar-refractivity contribution in [2.45, 2.75) is 18.9 Å². The van der Waals surface area contributed by atoms with Gasteiger partial charge in [-0.25, -0.2) is 4.39 Å². The molecule has 1 unspecified atom stereocenters. The van der Waals surface area contributed by atoms with Gasteiger partial charge in [-0.3, -0.25) is 4.79 Å². The molecule has 1 aromatic carbocycles. The van der Waals surface area contributed by atoms with E-state index in [1.807, 2.05) is 18.0 Å². The predicted octanol–water partition coefficient (Wildman–Crippen LogP) is 2.15. The zero-order valence-electron chi connectivity index (χ0n) is 12.2. The van der Waals surface area contributed by atoms with Gasteiger partial charge in [0.05, 0.1) is 13.2 Å². The number of hydrogen-bond acceptors (Lipinski definition) is 3. The molecule has 21 heavy (non-hydrogen) atoms. The molecule has 6 heteroatoms. The number of halogens is 2. The summed E-state index contributed by atoms with van der Waals surface area (Å²) in [4.78, 5) is 13.9. The molecule has 0 aliphatic carbocycles. The number of nitrogens with zero attached hydrogens (tertiary/aromatic N) is 1. The topological polar surface area (TPSA) is 41.6 Å². The quantitative estimate of drug-likeness (QED) is 0.846. The summed E-state index contributed by atoms with van der Waals surface area (Å²) in [7, 11) is 1.87. The van der Waals surface area contributed by atoms with Crippen molar-refractivity contribution in [3.05, 3.63) is 35.6 Å². The Morgan fingerprint density at radius 2 is 2.33 bits per heavy atom. The van der Waals surface area contributed by atoms with E-state index in [2.05, 4.69) is 5.32 Å². The van der Waals surface area contributed by atoms with Crippen molar-refractivity contribution >= 4 is 18.3 Å². The van der Waals surface area contributed by atoms with Crippen molar-refractivity contribution in [3.63, 3.8) is 0 Å². The first kappa shape index (κ1) is 17.9. The van der Waals surface area contributed by atoms with Gasteiger partial charge in [-0.15, -0.1) is 12.4 Å². The largest absolute Gasteiger partial charge is 0.370 e. The van der Waals surface area contributed by atoms with Crippen LogP contribution >= 0.6 is 12.4 Å². The van der Waals surface area contributed by atoms with Gasteiger partial charge in [-0.2, -0.15) is 0 Å². The summed E-state index contributed by atoms with van der Waals surface area (Å²) in [6.45, 7) is 2.45. The van der Waals surface area contributed by atoms with Crippen LogP contribution in [-0.4, -0.2) is 44.1 Å². The highest BCUT2D eigenvalue weighted by Crippen LogP contribution is 2.23. The Morgan fingerprint density at radius 1 is 1.52 bits per heavy atom. The molecule has 0 radical (unpaired) electrons. The number of nitrogens with one attached hydrogen (secondary N) is 1. The molecule has 0 saturated carbocycles. The molecule has 1 N–H and O–H groups in total. The Bertz CT molecular complexity index is 459. The Kier molecular flexibility index (Phi) is 7.64. The fourth-order valence-corrected chi connectivity index (χ4v) is 2.36. The van der Waals surface area contributed by atoms with Crippen molar-refractivity contribution in [3.8, 4) is 0 Å². The lowest BCUT2D eigenvalue weighted by molar-refractivity contribution is -0.139. The third kappa shape index (κ3) is 5.26. The van der Waals surface area contributed by atoms with Gasteiger partial charge in [0.2, 0.25) is 5.91 Å². The molecule has 1 aliphatic heterocycles. The molecule has 1 amide bonds. The van der Waals surface area contributed by atoms with Crippen LogP contribution in [0.25, 0.3) is 0 Å². The molecule has 118 valence electrons. The Morgan fingerprint density at radius 3 is 3.05 bits per heavy atom. The van der Waals surface area contributed by atoms with Gasteiger partial charge < -0.3 is 15.0 Å². The van der Waals surface area contributed by atoms with Crippen LogP contribution in [0.15, 0.2) is 24.3 Å². The predicted molar refractivity (Wildman–Crippen MR) is 82.1 cm³/mol. The molecule has 2 rings (SSSR count). The number of morpholine rings is 1. The van der Waals surface area contributed by atoms with Gasteiger partial charge in [-0.1, -0.05) is 12.1 Å². The van der Waals surface area contributed by atoms with Crippen LogP contribution < -0.4 is 5.32 Å². The summed E-state index contributed by atoms with van der Waals surface area (Å²) in [5, 5.41) is 3.03. The molecular formula is C15H22ClFN2O2. The Balaban J connectivity index is 0.00000220. The summed E-state index contributed by atoms with van der Waals surface area (Å²) in [5.74, 6) is -0.131. The molecule has 0 aromatic heterocycles. The summed E-state index contributed by atoms with van der Waals surface area (Å²) in [6, 6.07) is 6.39. The van der Waals surface area contributed by atoms with Gasteiger partial charge in [0.15, 0.2) is 0 Å². The van der Waals surface area contributed by atoms with E-state index in [-0.39, 0.29) is 30.2 Å². The molecule has 1 aliphatic rings. The Labute approximate surface area is 131 Å². The monoisotopic (exact) mass is 316 g/mol. The van der Waals surface area contributed by atoms with Crippen molar-refractivity contribution in [2.24, 2.45) is 0 Å². The number of ether oxygens (including phenoxy) is 1. The molecule has 1 aromatic rings. The van der Waals surface area contributed by atoms with Crippen LogP contribution in [0, 0.1) is 5.82 Å². The second-order valence-corrected chi connectivity index (χ2v) is 4.96. The van der Waals surface area contributed by atoms with Gasteiger partial charge in [-0.05, 0) is 37.7 Å². The first-order valence-electron chi connectivity index (χ1n) is 7.00. The van der Waals surface area contributed by atoms with Crippen LogP contribution in [-0.2, 0) is 9.53 Å². The molecule has 0 spiro atoms. The van der Waals surface area contributed by atoms with E-state index in [1.54, 1.807) is 6.07 Å². The van der Waals surface area contributed by atoms with Gasteiger partial charge in [0.1, 0.15) is 11.9 Å². The fourth-order valence-electron chi connectivity index (χ4n) is 2.36. The third-order valence-electron chi connectivity index (χ3n) is 3.46. The molecule has 4 nitrogen and oxygen atoms in total. The summed E-state index contributed by atoms with van der Waals surface area (Å²) in [5.41, 5.74) is 0.790. The van der Waals surface area contributed by atoms with Crippen LogP contribution in [0.5, 0.6) is 0 Å². The van der Waals surface area contributed by atoms with E-state index in [9.17, 15) is 9.18 Å². The van der Waals surface area contributed by atoms with Gasteiger partial charge in [0.25, 0.3) is 0 Å². The van der Waals surface area contributed by atoms with Crippen LogP contribution in [0.4, 0.5) is 4.39 Å². The number of benzene rings is 1. The number of hydrogen-bond donors (Lipinski definition) is 1. The lowest BCUT2D eigenvalue weighted by Gasteiger charge is -2.33. The normalized spacial score (nSPS) is 18.2. The van der Waals surface area contributed by atoms with Crippen LogP contribution in [0.3, 0.4) is 0 Å². The average Bonchev–Trinajstić information content (AvgIpc) is 2.47. The van der Waals surface area contributed by atoms with E-state index in [0.29, 0.717) is 26.1 Å². The van der Waals surface area contributed by atoms with E-state index in [1.165, 1.54) is 12.1 Å². The zero-order chi connectivity index (χ0) is 14.4. The molecular weight excluding hydrogens is 295 g/mol. The van der Waals surface area contributed by atoms with Crippen LogP contribution in [0.1, 0.15) is 24.5 Å². The first-order chi connectivity index (χ1) is 9.70. The van der Waals surface area contributed by atoms with E-state index < -0.39 is 0 Å². The van der Waals surface area contributed by atoms with Crippen molar-refractivity contribution in [2.75, 3.05) is 33.3 Å². The highest BCUT2D eigenvalue weighted by atomic mass is 35.5. The number of carbonyl (C=O) groups is 1. The van der Waals surface area contributed by atoms with E-state index in [4.69, 9.17) is 4.74 Å². The standard InChI is InChI=1S/C15H21FN2O2.ClH/c1-17-7-3-6-15(19)18-8-9-20-14(11-18)12-4-2-5-13(16)10-12;/h2,4-5,10,14,17H,3,6-9,11H2,1H3;1H. The van der Waals surface area contributed by atoms with Gasteiger partial charge in [0, 0.05) is 13.0 Å². The fraction of sp³-hybridized carbons (Fsp3) is 0.533. The van der Waals surface area contributed by atoms with E-state index >= 15 is 0 Å². The number of rotatable bonds is 5. The second kappa shape index (κ2) is 8.97. The van der Waals surface area contributed by atoms with Crippen molar-refractivity contribution in [1.29, 1.82) is 0 Å². The lowest BCUT2D eigenvalue weighted by atomic mass is 10.1. The average molecular weight is 317 g/mol.